The Hall–Kier alpha value is -3.44. The minimum Gasteiger partial charge on any atom is -0.496 e. The van der Waals surface area contributed by atoms with E-state index < -0.39 is 6.09 Å². The van der Waals surface area contributed by atoms with E-state index in [9.17, 15) is 9.90 Å². The third kappa shape index (κ3) is 4.84. The van der Waals surface area contributed by atoms with Crippen molar-refractivity contribution in [2.24, 2.45) is 0 Å². The summed E-state index contributed by atoms with van der Waals surface area (Å²) in [6.45, 7) is 2.65. The van der Waals surface area contributed by atoms with Gasteiger partial charge in [0.1, 0.15) is 16.8 Å². The maximum atomic E-state index is 10.8. The number of hydrogen-bond acceptors (Lipinski definition) is 8. The van der Waals surface area contributed by atoms with Crippen molar-refractivity contribution in [1.82, 2.24) is 25.1 Å². The number of methoxy groups -OCH3 is 1. The van der Waals surface area contributed by atoms with Gasteiger partial charge in [-0.25, -0.2) is 9.78 Å². The Morgan fingerprint density at radius 1 is 1.32 bits per heavy atom. The molecule has 11 nitrogen and oxygen atoms in total. The van der Waals surface area contributed by atoms with E-state index in [4.69, 9.17) is 14.6 Å². The number of nitrogens with one attached hydrogen (secondary N) is 2. The summed E-state index contributed by atoms with van der Waals surface area (Å²) in [6, 6.07) is 6.43. The van der Waals surface area contributed by atoms with Crippen LogP contribution < -0.4 is 15.4 Å². The van der Waals surface area contributed by atoms with Crippen molar-refractivity contribution in [3.63, 3.8) is 0 Å². The molecule has 1 aliphatic rings. The highest BCUT2D eigenvalue weighted by Gasteiger charge is 2.17. The summed E-state index contributed by atoms with van der Waals surface area (Å²) in [6.07, 6.45) is 2.15. The van der Waals surface area contributed by atoms with E-state index in [0.29, 0.717) is 29.4 Å². The van der Waals surface area contributed by atoms with Crippen LogP contribution in [0.5, 0.6) is 11.6 Å². The maximum absolute atomic E-state index is 10.8. The fourth-order valence-electron chi connectivity index (χ4n) is 3.61. The molecule has 1 amide bonds. The molecule has 0 saturated carbocycles. The predicted octanol–water partition coefficient (Wildman–Crippen LogP) is 1.95. The zero-order chi connectivity index (χ0) is 21.8. The standard InChI is InChI=1S/C20H24N6O5/c1-30-16-8-12(9-21-14-4-6-31-7-5-14)2-3-13(16)11-26-17-15(10-22-26)23-19(24-18(17)27)25-20(28)29/h2-3,8,10,14,21H,4-7,9,11H2,1H3,(H,28,29)(H2,23,24,25,27). The van der Waals surface area contributed by atoms with Crippen LogP contribution in [-0.2, 0) is 17.8 Å². The van der Waals surface area contributed by atoms with Crippen molar-refractivity contribution in [3.05, 3.63) is 35.5 Å². The number of amides is 1. The lowest BCUT2D eigenvalue weighted by molar-refractivity contribution is 0.0776. The van der Waals surface area contributed by atoms with E-state index in [-0.39, 0.29) is 11.8 Å². The Kier molecular flexibility index (Phi) is 6.14. The molecule has 4 N–H and O–H groups in total. The van der Waals surface area contributed by atoms with Gasteiger partial charge < -0.3 is 25.0 Å². The lowest BCUT2D eigenvalue weighted by atomic mass is 10.1. The second kappa shape index (κ2) is 9.14. The Morgan fingerprint density at radius 2 is 2.13 bits per heavy atom. The molecule has 1 aromatic carbocycles. The predicted molar refractivity (Wildman–Crippen MR) is 111 cm³/mol. The van der Waals surface area contributed by atoms with Crippen molar-refractivity contribution in [3.8, 4) is 11.6 Å². The number of hydrogen-bond donors (Lipinski definition) is 4. The lowest BCUT2D eigenvalue weighted by Gasteiger charge is -2.23. The largest absolute Gasteiger partial charge is 0.496 e. The van der Waals surface area contributed by atoms with E-state index in [2.05, 4.69) is 20.4 Å². The normalized spacial score (nSPS) is 14.6. The number of aromatic nitrogens is 4. The Bertz CT molecular complexity index is 1080. The summed E-state index contributed by atoms with van der Waals surface area (Å²) in [7, 11) is 1.61. The molecule has 0 aliphatic carbocycles. The molecule has 0 unspecified atom stereocenters. The molecule has 4 rings (SSSR count). The average molecular weight is 428 g/mol. The first-order valence-electron chi connectivity index (χ1n) is 9.93. The fraction of sp³-hybridized carbons (Fsp3) is 0.400. The lowest BCUT2D eigenvalue weighted by Crippen LogP contribution is -2.34. The fourth-order valence-corrected chi connectivity index (χ4v) is 3.61. The first-order chi connectivity index (χ1) is 15.0. The minimum atomic E-state index is -1.32. The number of rotatable bonds is 7. The third-order valence-corrected chi connectivity index (χ3v) is 5.18. The molecule has 0 bridgehead atoms. The Labute approximate surface area is 178 Å². The monoisotopic (exact) mass is 428 g/mol. The van der Waals surface area contributed by atoms with Gasteiger partial charge in [0.15, 0.2) is 0 Å². The summed E-state index contributed by atoms with van der Waals surface area (Å²) in [4.78, 5) is 18.6. The van der Waals surface area contributed by atoms with Gasteiger partial charge in [0, 0.05) is 31.4 Å². The van der Waals surface area contributed by atoms with Crippen LogP contribution >= 0.6 is 0 Å². The van der Waals surface area contributed by atoms with Gasteiger partial charge >= 0.3 is 6.09 Å². The Balaban J connectivity index is 1.51. The smallest absolute Gasteiger partial charge is 0.411 e. The summed E-state index contributed by atoms with van der Waals surface area (Å²) in [5.74, 6) is 0.137. The number of fused-ring (bicyclic) bond motifs is 1. The summed E-state index contributed by atoms with van der Waals surface area (Å²) < 4.78 is 12.5. The first kappa shape index (κ1) is 20.8. The summed E-state index contributed by atoms with van der Waals surface area (Å²) in [5, 5.41) is 28.9. The molecule has 3 heterocycles. The highest BCUT2D eigenvalue weighted by molar-refractivity contribution is 5.85. The van der Waals surface area contributed by atoms with Crippen LogP contribution in [0.4, 0.5) is 10.7 Å². The molecule has 1 fully saturated rings. The average Bonchev–Trinajstić information content (AvgIpc) is 3.16. The van der Waals surface area contributed by atoms with Crippen molar-refractivity contribution in [1.29, 1.82) is 0 Å². The van der Waals surface area contributed by atoms with Gasteiger partial charge in [0.25, 0.3) is 0 Å². The van der Waals surface area contributed by atoms with Gasteiger partial charge in [-0.05, 0) is 24.5 Å². The van der Waals surface area contributed by atoms with Gasteiger partial charge in [-0.3, -0.25) is 10.00 Å². The van der Waals surface area contributed by atoms with Crippen LogP contribution in [0.3, 0.4) is 0 Å². The molecule has 0 spiro atoms. The Morgan fingerprint density at radius 3 is 2.87 bits per heavy atom. The molecule has 0 atom stereocenters. The molecule has 11 heteroatoms. The molecule has 0 radical (unpaired) electrons. The SMILES string of the molecule is COc1cc(CNC2CCOCC2)ccc1Cn1ncc2nc(NC(=O)O)nc(O)c21. The first-order valence-corrected chi connectivity index (χ1v) is 9.93. The van der Waals surface area contributed by atoms with Gasteiger partial charge in [0.2, 0.25) is 11.8 Å². The highest BCUT2D eigenvalue weighted by atomic mass is 16.5. The van der Waals surface area contributed by atoms with Gasteiger partial charge in [-0.2, -0.15) is 10.1 Å². The minimum absolute atomic E-state index is 0.212. The van der Waals surface area contributed by atoms with Gasteiger partial charge in [-0.1, -0.05) is 12.1 Å². The zero-order valence-electron chi connectivity index (χ0n) is 17.0. The molecule has 1 saturated heterocycles. The van der Waals surface area contributed by atoms with E-state index in [0.717, 1.165) is 43.7 Å². The molecule has 164 valence electrons. The van der Waals surface area contributed by atoms with Crippen LogP contribution in [0.2, 0.25) is 0 Å². The number of nitrogens with zero attached hydrogens (tertiary/aromatic N) is 4. The van der Waals surface area contributed by atoms with Crippen molar-refractivity contribution < 1.29 is 24.5 Å². The van der Waals surface area contributed by atoms with Crippen LogP contribution in [0.25, 0.3) is 11.0 Å². The molecule has 2 aromatic heterocycles. The summed E-state index contributed by atoms with van der Waals surface area (Å²) in [5.41, 5.74) is 2.61. The van der Waals surface area contributed by atoms with Crippen molar-refractivity contribution in [2.75, 3.05) is 25.6 Å². The van der Waals surface area contributed by atoms with Crippen molar-refractivity contribution >= 4 is 23.1 Å². The number of ether oxygens (including phenoxy) is 2. The number of carbonyl (C=O) groups is 1. The number of carboxylic acid groups (broad SMARTS) is 1. The summed E-state index contributed by atoms with van der Waals surface area (Å²) >= 11 is 0. The topological polar surface area (TPSA) is 144 Å². The molecule has 3 aromatic rings. The number of benzene rings is 1. The van der Waals surface area contributed by atoms with Gasteiger partial charge in [-0.15, -0.1) is 0 Å². The van der Waals surface area contributed by atoms with Crippen molar-refractivity contribution in [2.45, 2.75) is 32.0 Å². The third-order valence-electron chi connectivity index (χ3n) is 5.18. The molecular formula is C20H24N6O5. The van der Waals surface area contributed by atoms with Crippen LogP contribution in [0.15, 0.2) is 24.4 Å². The molecular weight excluding hydrogens is 404 g/mol. The number of aromatic hydroxyl groups is 1. The van der Waals surface area contributed by atoms with E-state index in [1.54, 1.807) is 11.8 Å². The zero-order valence-corrected chi connectivity index (χ0v) is 17.0. The van der Waals surface area contributed by atoms with Gasteiger partial charge in [0.05, 0.1) is 19.9 Å². The number of anilines is 1. The van der Waals surface area contributed by atoms with Crippen LogP contribution in [-0.4, -0.2) is 62.4 Å². The van der Waals surface area contributed by atoms with Crippen LogP contribution in [0.1, 0.15) is 24.0 Å². The molecule has 1 aliphatic heterocycles. The van der Waals surface area contributed by atoms with E-state index in [1.807, 2.05) is 23.5 Å². The highest BCUT2D eigenvalue weighted by Crippen LogP contribution is 2.26. The maximum Gasteiger partial charge on any atom is 0.411 e. The van der Waals surface area contributed by atoms with Crippen LogP contribution in [0, 0.1) is 0 Å². The van der Waals surface area contributed by atoms with E-state index in [1.165, 1.54) is 6.20 Å². The quantitative estimate of drug-likeness (QED) is 0.444. The second-order valence-corrected chi connectivity index (χ2v) is 7.25. The van der Waals surface area contributed by atoms with E-state index >= 15 is 0 Å². The molecule has 31 heavy (non-hydrogen) atoms. The second-order valence-electron chi connectivity index (χ2n) is 7.25.